The Labute approximate surface area is 120 Å². The molecule has 0 atom stereocenters. The van der Waals surface area contributed by atoms with E-state index in [-0.39, 0.29) is 5.97 Å². The molecule has 0 fully saturated rings. The second-order valence-corrected chi connectivity index (χ2v) is 5.17. The summed E-state index contributed by atoms with van der Waals surface area (Å²) >= 11 is 0. The molecule has 0 spiro atoms. The molecule has 1 aliphatic carbocycles. The van der Waals surface area contributed by atoms with E-state index in [4.69, 9.17) is 0 Å². The SMILES string of the molecule is COC(=O)CCCCCNc1ncnc2c1CCCC2. The summed E-state index contributed by atoms with van der Waals surface area (Å²) in [5, 5.41) is 3.41. The number of carbonyl (C=O) groups excluding carboxylic acids is 1. The molecule has 1 aliphatic rings. The molecule has 0 bridgehead atoms. The molecule has 110 valence electrons. The van der Waals surface area contributed by atoms with E-state index in [0.717, 1.165) is 44.5 Å². The molecule has 0 unspecified atom stereocenters. The van der Waals surface area contributed by atoms with Gasteiger partial charge in [-0.3, -0.25) is 4.79 Å². The van der Waals surface area contributed by atoms with Crippen LogP contribution in [0.3, 0.4) is 0 Å². The zero-order valence-electron chi connectivity index (χ0n) is 12.2. The van der Waals surface area contributed by atoms with Gasteiger partial charge in [0.25, 0.3) is 0 Å². The second-order valence-electron chi connectivity index (χ2n) is 5.17. The lowest BCUT2D eigenvalue weighted by atomic mass is 9.96. The van der Waals surface area contributed by atoms with Gasteiger partial charge in [-0.15, -0.1) is 0 Å². The molecule has 0 aliphatic heterocycles. The molecule has 1 aromatic heterocycles. The zero-order chi connectivity index (χ0) is 14.2. The number of aromatic nitrogens is 2. The average Bonchev–Trinajstić information content (AvgIpc) is 2.50. The van der Waals surface area contributed by atoms with Gasteiger partial charge in [-0.25, -0.2) is 9.97 Å². The maximum atomic E-state index is 11.0. The van der Waals surface area contributed by atoms with Crippen LogP contribution in [-0.4, -0.2) is 29.6 Å². The number of methoxy groups -OCH3 is 1. The third kappa shape index (κ3) is 4.18. The second kappa shape index (κ2) is 7.82. The van der Waals surface area contributed by atoms with Crippen LogP contribution >= 0.6 is 0 Å². The Morgan fingerprint density at radius 1 is 1.25 bits per heavy atom. The predicted octanol–water partition coefficient (Wildman–Crippen LogP) is 2.50. The zero-order valence-corrected chi connectivity index (χ0v) is 12.2. The molecule has 0 aromatic carbocycles. The summed E-state index contributed by atoms with van der Waals surface area (Å²) in [6.45, 7) is 0.893. The van der Waals surface area contributed by atoms with Gasteiger partial charge in [0.15, 0.2) is 0 Å². The van der Waals surface area contributed by atoms with E-state index in [1.54, 1.807) is 6.33 Å². The van der Waals surface area contributed by atoms with Crippen LogP contribution in [0.1, 0.15) is 49.8 Å². The van der Waals surface area contributed by atoms with Crippen molar-refractivity contribution < 1.29 is 9.53 Å². The first kappa shape index (κ1) is 14.8. The van der Waals surface area contributed by atoms with Crippen molar-refractivity contribution in [1.82, 2.24) is 9.97 Å². The fourth-order valence-electron chi connectivity index (χ4n) is 2.55. The van der Waals surface area contributed by atoms with Gasteiger partial charge in [0, 0.05) is 24.2 Å². The summed E-state index contributed by atoms with van der Waals surface area (Å²) in [4.78, 5) is 19.7. The van der Waals surface area contributed by atoms with Gasteiger partial charge in [-0.05, 0) is 38.5 Å². The smallest absolute Gasteiger partial charge is 0.305 e. The lowest BCUT2D eigenvalue weighted by molar-refractivity contribution is -0.140. The summed E-state index contributed by atoms with van der Waals surface area (Å²) in [6.07, 6.45) is 9.74. The highest BCUT2D eigenvalue weighted by Gasteiger charge is 2.14. The number of fused-ring (bicyclic) bond motifs is 1. The van der Waals surface area contributed by atoms with Crippen LogP contribution in [0, 0.1) is 0 Å². The highest BCUT2D eigenvalue weighted by Crippen LogP contribution is 2.24. The molecule has 1 N–H and O–H groups in total. The van der Waals surface area contributed by atoms with Crippen molar-refractivity contribution >= 4 is 11.8 Å². The van der Waals surface area contributed by atoms with E-state index in [1.807, 2.05) is 0 Å². The van der Waals surface area contributed by atoms with E-state index >= 15 is 0 Å². The van der Waals surface area contributed by atoms with Crippen molar-refractivity contribution in [3.05, 3.63) is 17.6 Å². The normalized spacial score (nSPS) is 13.7. The number of hydrogen-bond acceptors (Lipinski definition) is 5. The van der Waals surface area contributed by atoms with E-state index in [2.05, 4.69) is 20.0 Å². The molecular weight excluding hydrogens is 254 g/mol. The van der Waals surface area contributed by atoms with E-state index in [1.165, 1.54) is 31.2 Å². The first-order chi connectivity index (χ1) is 9.81. The lowest BCUT2D eigenvalue weighted by Crippen LogP contribution is -2.12. The number of rotatable bonds is 7. The summed E-state index contributed by atoms with van der Waals surface area (Å²) in [5.41, 5.74) is 2.51. The summed E-state index contributed by atoms with van der Waals surface area (Å²) in [7, 11) is 1.43. The van der Waals surface area contributed by atoms with Gasteiger partial charge >= 0.3 is 5.97 Å². The maximum absolute atomic E-state index is 11.0. The van der Waals surface area contributed by atoms with Gasteiger partial charge in [0.05, 0.1) is 7.11 Å². The summed E-state index contributed by atoms with van der Waals surface area (Å²) < 4.78 is 4.62. The van der Waals surface area contributed by atoms with Crippen LogP contribution in [0.25, 0.3) is 0 Å². The first-order valence-corrected chi connectivity index (χ1v) is 7.44. The molecule has 0 radical (unpaired) electrons. The van der Waals surface area contributed by atoms with E-state index < -0.39 is 0 Å². The van der Waals surface area contributed by atoms with Gasteiger partial charge in [0.1, 0.15) is 12.1 Å². The third-order valence-electron chi connectivity index (χ3n) is 3.70. The summed E-state index contributed by atoms with van der Waals surface area (Å²) in [6, 6.07) is 0. The largest absolute Gasteiger partial charge is 0.469 e. The molecule has 20 heavy (non-hydrogen) atoms. The minimum atomic E-state index is -0.122. The van der Waals surface area contributed by atoms with Crippen LogP contribution in [0.5, 0.6) is 0 Å². The monoisotopic (exact) mass is 277 g/mol. The van der Waals surface area contributed by atoms with Crippen molar-refractivity contribution in [2.75, 3.05) is 19.0 Å². The number of aryl methyl sites for hydroxylation is 1. The van der Waals surface area contributed by atoms with Crippen LogP contribution in [0.4, 0.5) is 5.82 Å². The predicted molar refractivity (Wildman–Crippen MR) is 77.6 cm³/mol. The standard InChI is InChI=1S/C15H23N3O2/c1-20-14(19)9-3-2-6-10-16-15-12-7-4-5-8-13(12)17-11-18-15/h11H,2-10H2,1H3,(H,16,17,18). The first-order valence-electron chi connectivity index (χ1n) is 7.44. The molecule has 0 saturated carbocycles. The number of carbonyl (C=O) groups is 1. The number of nitrogens with zero attached hydrogens (tertiary/aromatic N) is 2. The molecule has 5 nitrogen and oxygen atoms in total. The van der Waals surface area contributed by atoms with Crippen LogP contribution in [-0.2, 0) is 22.4 Å². The fourth-order valence-corrected chi connectivity index (χ4v) is 2.55. The Morgan fingerprint density at radius 3 is 2.95 bits per heavy atom. The Balaban J connectivity index is 1.71. The maximum Gasteiger partial charge on any atom is 0.305 e. The van der Waals surface area contributed by atoms with Crippen molar-refractivity contribution in [3.8, 4) is 0 Å². The Bertz CT molecular complexity index is 449. The molecule has 1 aromatic rings. The summed E-state index contributed by atoms with van der Waals surface area (Å²) in [5.74, 6) is 0.880. The molecule has 2 rings (SSSR count). The number of unbranched alkanes of at least 4 members (excludes halogenated alkanes) is 2. The number of ether oxygens (including phenoxy) is 1. The number of anilines is 1. The van der Waals surface area contributed by atoms with Gasteiger partial charge < -0.3 is 10.1 Å². The quantitative estimate of drug-likeness (QED) is 0.613. The Morgan fingerprint density at radius 2 is 2.10 bits per heavy atom. The van der Waals surface area contributed by atoms with Crippen molar-refractivity contribution in [2.24, 2.45) is 0 Å². The third-order valence-corrected chi connectivity index (χ3v) is 3.70. The average molecular weight is 277 g/mol. The highest BCUT2D eigenvalue weighted by atomic mass is 16.5. The molecule has 0 amide bonds. The minimum absolute atomic E-state index is 0.122. The van der Waals surface area contributed by atoms with E-state index in [9.17, 15) is 4.79 Å². The van der Waals surface area contributed by atoms with Gasteiger partial charge in [-0.2, -0.15) is 0 Å². The number of nitrogens with one attached hydrogen (secondary N) is 1. The van der Waals surface area contributed by atoms with Crippen LogP contribution < -0.4 is 5.32 Å². The van der Waals surface area contributed by atoms with Crippen LogP contribution in [0.15, 0.2) is 6.33 Å². The molecule has 1 heterocycles. The van der Waals surface area contributed by atoms with Gasteiger partial charge in [-0.1, -0.05) is 6.42 Å². The fraction of sp³-hybridized carbons (Fsp3) is 0.667. The molecular formula is C15H23N3O2. The van der Waals surface area contributed by atoms with Crippen molar-refractivity contribution in [2.45, 2.75) is 51.4 Å². The molecule has 0 saturated heterocycles. The highest BCUT2D eigenvalue weighted by molar-refractivity contribution is 5.68. The van der Waals surface area contributed by atoms with Crippen molar-refractivity contribution in [1.29, 1.82) is 0 Å². The number of esters is 1. The Hall–Kier alpha value is -1.65. The van der Waals surface area contributed by atoms with E-state index in [0.29, 0.717) is 6.42 Å². The molecule has 5 heteroatoms. The minimum Gasteiger partial charge on any atom is -0.469 e. The Kier molecular flexibility index (Phi) is 5.77. The van der Waals surface area contributed by atoms with Crippen LogP contribution in [0.2, 0.25) is 0 Å². The van der Waals surface area contributed by atoms with Crippen molar-refractivity contribution in [3.63, 3.8) is 0 Å². The lowest BCUT2D eigenvalue weighted by Gasteiger charge is -2.17. The number of hydrogen-bond donors (Lipinski definition) is 1. The van der Waals surface area contributed by atoms with Gasteiger partial charge in [0.2, 0.25) is 0 Å². The topological polar surface area (TPSA) is 64.1 Å².